The fourth-order valence-corrected chi connectivity index (χ4v) is 2.80. The highest BCUT2D eigenvalue weighted by Crippen LogP contribution is 2.22. The molecule has 0 saturated carbocycles. The van der Waals surface area contributed by atoms with E-state index < -0.39 is 0 Å². The van der Waals surface area contributed by atoms with Crippen LogP contribution in [0.5, 0.6) is 0 Å². The van der Waals surface area contributed by atoms with Crippen LogP contribution in [0.2, 0.25) is 0 Å². The summed E-state index contributed by atoms with van der Waals surface area (Å²) in [6, 6.07) is 0.526. The van der Waals surface area contributed by atoms with E-state index in [4.69, 9.17) is 0 Å². The molecule has 92 valence electrons. The van der Waals surface area contributed by atoms with Crippen LogP contribution in [0.1, 0.15) is 19.8 Å². The lowest BCUT2D eigenvalue weighted by molar-refractivity contribution is 0.564. The molecule has 2 rings (SSSR count). The largest absolute Gasteiger partial charge is 0.341 e. The number of nitrogens with zero attached hydrogens (tertiary/aromatic N) is 3. The van der Waals surface area contributed by atoms with E-state index in [0.29, 0.717) is 6.04 Å². The summed E-state index contributed by atoms with van der Waals surface area (Å²) in [6.45, 7) is 2.20. The van der Waals surface area contributed by atoms with E-state index in [2.05, 4.69) is 32.2 Å². The van der Waals surface area contributed by atoms with E-state index in [0.717, 1.165) is 21.9 Å². The van der Waals surface area contributed by atoms with Gasteiger partial charge in [-0.15, -0.1) is 11.8 Å². The highest BCUT2D eigenvalue weighted by atomic mass is 32.2. The second-order valence-electron chi connectivity index (χ2n) is 3.87. The molecule has 0 fully saturated rings. The van der Waals surface area contributed by atoms with Gasteiger partial charge in [-0.2, -0.15) is 0 Å². The molecule has 1 unspecified atom stereocenters. The van der Waals surface area contributed by atoms with Gasteiger partial charge in [-0.1, -0.05) is 13.3 Å². The van der Waals surface area contributed by atoms with Gasteiger partial charge in [0.1, 0.15) is 16.9 Å². The van der Waals surface area contributed by atoms with Gasteiger partial charge in [0.05, 0.1) is 6.33 Å². The van der Waals surface area contributed by atoms with Gasteiger partial charge < -0.3 is 10.3 Å². The van der Waals surface area contributed by atoms with E-state index in [1.165, 1.54) is 12.8 Å². The molecule has 0 amide bonds. The molecule has 0 aliphatic rings. The van der Waals surface area contributed by atoms with Crippen LogP contribution in [-0.4, -0.2) is 38.8 Å². The van der Waals surface area contributed by atoms with Gasteiger partial charge in [0.25, 0.3) is 0 Å². The molecular weight excluding hydrogens is 234 g/mol. The zero-order valence-corrected chi connectivity index (χ0v) is 10.9. The molecule has 2 aromatic heterocycles. The third-order valence-corrected chi connectivity index (χ3v) is 3.81. The first-order valence-electron chi connectivity index (χ1n) is 5.79. The number of rotatable bonds is 6. The smallest absolute Gasteiger partial charge is 0.181 e. The van der Waals surface area contributed by atoms with Crippen molar-refractivity contribution in [3.63, 3.8) is 0 Å². The van der Waals surface area contributed by atoms with Gasteiger partial charge in [0.2, 0.25) is 0 Å². The van der Waals surface area contributed by atoms with Crippen LogP contribution in [0, 0.1) is 0 Å². The van der Waals surface area contributed by atoms with Crippen molar-refractivity contribution in [2.75, 3.05) is 12.8 Å². The maximum absolute atomic E-state index is 4.30. The molecule has 0 aliphatic carbocycles. The average Bonchev–Trinajstić information content (AvgIpc) is 2.83. The van der Waals surface area contributed by atoms with Crippen molar-refractivity contribution in [2.45, 2.75) is 30.8 Å². The molecule has 0 spiro atoms. The third-order valence-electron chi connectivity index (χ3n) is 2.65. The molecule has 0 aromatic carbocycles. The monoisotopic (exact) mass is 251 g/mol. The number of imidazole rings is 1. The fourth-order valence-electron chi connectivity index (χ4n) is 1.69. The summed E-state index contributed by atoms with van der Waals surface area (Å²) in [6.07, 6.45) is 5.60. The van der Waals surface area contributed by atoms with Crippen LogP contribution < -0.4 is 5.32 Å². The average molecular weight is 251 g/mol. The number of thioether (sulfide) groups is 1. The van der Waals surface area contributed by atoms with Crippen LogP contribution >= 0.6 is 11.8 Å². The summed E-state index contributed by atoms with van der Waals surface area (Å²) in [7, 11) is 2.01. The Morgan fingerprint density at radius 3 is 3.06 bits per heavy atom. The number of aromatic nitrogens is 4. The minimum Gasteiger partial charge on any atom is -0.341 e. The fraction of sp³-hybridized carbons (Fsp3) is 0.545. The van der Waals surface area contributed by atoms with Crippen molar-refractivity contribution in [1.82, 2.24) is 25.3 Å². The van der Waals surface area contributed by atoms with Gasteiger partial charge in [-0.05, 0) is 13.5 Å². The predicted octanol–water partition coefficient (Wildman–Crippen LogP) is 1.83. The first kappa shape index (κ1) is 12.3. The summed E-state index contributed by atoms with van der Waals surface area (Å²) < 4.78 is 0. The zero-order valence-electron chi connectivity index (χ0n) is 10.1. The summed E-state index contributed by atoms with van der Waals surface area (Å²) in [5, 5.41) is 4.30. The van der Waals surface area contributed by atoms with Gasteiger partial charge >= 0.3 is 0 Å². The van der Waals surface area contributed by atoms with Crippen molar-refractivity contribution in [3.05, 3.63) is 12.7 Å². The third kappa shape index (κ3) is 2.95. The SMILES string of the molecule is CCCC(CSc1ncnc2nc[nH]c12)NC. The zero-order chi connectivity index (χ0) is 12.1. The molecule has 0 aliphatic heterocycles. The lowest BCUT2D eigenvalue weighted by atomic mass is 10.2. The Morgan fingerprint density at radius 2 is 2.29 bits per heavy atom. The van der Waals surface area contributed by atoms with Crippen LogP contribution in [0.15, 0.2) is 17.7 Å². The summed E-state index contributed by atoms with van der Waals surface area (Å²) >= 11 is 1.74. The Morgan fingerprint density at radius 1 is 1.41 bits per heavy atom. The van der Waals surface area contributed by atoms with Crippen LogP contribution in [0.4, 0.5) is 0 Å². The quantitative estimate of drug-likeness (QED) is 0.605. The number of fused-ring (bicyclic) bond motifs is 1. The summed E-state index contributed by atoms with van der Waals surface area (Å²) in [5.74, 6) is 1.01. The molecule has 5 nitrogen and oxygen atoms in total. The Bertz CT molecular complexity index is 470. The first-order valence-corrected chi connectivity index (χ1v) is 6.77. The molecule has 17 heavy (non-hydrogen) atoms. The van der Waals surface area contributed by atoms with Crippen molar-refractivity contribution in [3.8, 4) is 0 Å². The topological polar surface area (TPSA) is 66.5 Å². The standard InChI is InChI=1S/C11H17N5S/c1-3-4-8(12-2)5-17-11-9-10(14-6-13-9)15-7-16-11/h6-8,12H,3-5H2,1-2H3,(H,13,14,15,16). The maximum Gasteiger partial charge on any atom is 0.181 e. The lowest BCUT2D eigenvalue weighted by Crippen LogP contribution is -2.27. The van der Waals surface area contributed by atoms with E-state index in [9.17, 15) is 0 Å². The first-order chi connectivity index (χ1) is 8.35. The van der Waals surface area contributed by atoms with Gasteiger partial charge in [0.15, 0.2) is 5.65 Å². The summed E-state index contributed by atoms with van der Waals surface area (Å²) in [4.78, 5) is 15.6. The molecule has 1 atom stereocenters. The van der Waals surface area contributed by atoms with Gasteiger partial charge in [-0.25, -0.2) is 15.0 Å². The van der Waals surface area contributed by atoms with E-state index >= 15 is 0 Å². The van der Waals surface area contributed by atoms with E-state index in [1.807, 2.05) is 7.05 Å². The number of nitrogens with one attached hydrogen (secondary N) is 2. The number of hydrogen-bond acceptors (Lipinski definition) is 5. The molecule has 0 radical (unpaired) electrons. The Hall–Kier alpha value is -1.14. The minimum atomic E-state index is 0.526. The van der Waals surface area contributed by atoms with Crippen molar-refractivity contribution in [1.29, 1.82) is 0 Å². The highest BCUT2D eigenvalue weighted by molar-refractivity contribution is 7.99. The van der Waals surface area contributed by atoms with Crippen LogP contribution in [0.3, 0.4) is 0 Å². The molecular formula is C11H17N5S. The predicted molar refractivity (Wildman–Crippen MR) is 70.2 cm³/mol. The van der Waals surface area contributed by atoms with Crippen LogP contribution in [-0.2, 0) is 0 Å². The lowest BCUT2D eigenvalue weighted by Gasteiger charge is -2.14. The number of H-pyrrole nitrogens is 1. The maximum atomic E-state index is 4.30. The van der Waals surface area contributed by atoms with E-state index in [1.54, 1.807) is 24.4 Å². The summed E-state index contributed by atoms with van der Waals surface area (Å²) in [5.41, 5.74) is 1.67. The van der Waals surface area contributed by atoms with E-state index in [-0.39, 0.29) is 0 Å². The second-order valence-corrected chi connectivity index (χ2v) is 4.87. The van der Waals surface area contributed by atoms with Crippen LogP contribution in [0.25, 0.3) is 11.2 Å². The van der Waals surface area contributed by atoms with Gasteiger partial charge in [0, 0.05) is 11.8 Å². The van der Waals surface area contributed by atoms with Crippen molar-refractivity contribution in [2.24, 2.45) is 0 Å². The molecule has 0 saturated heterocycles. The number of aromatic amines is 1. The Balaban J connectivity index is 2.05. The molecule has 6 heteroatoms. The normalized spacial score (nSPS) is 13.1. The number of hydrogen-bond donors (Lipinski definition) is 2. The molecule has 2 heterocycles. The Labute approximate surface area is 105 Å². The van der Waals surface area contributed by atoms with Gasteiger partial charge in [-0.3, -0.25) is 0 Å². The Kier molecular flexibility index (Phi) is 4.33. The van der Waals surface area contributed by atoms with Crippen molar-refractivity contribution >= 4 is 22.9 Å². The molecule has 2 N–H and O–H groups in total. The minimum absolute atomic E-state index is 0.526. The van der Waals surface area contributed by atoms with Crippen molar-refractivity contribution < 1.29 is 0 Å². The molecule has 2 aromatic rings. The molecule has 0 bridgehead atoms. The second kappa shape index (κ2) is 5.97. The highest BCUT2D eigenvalue weighted by Gasteiger charge is 2.10.